The van der Waals surface area contributed by atoms with E-state index in [0.717, 1.165) is 0 Å². The molecule has 0 aliphatic heterocycles. The SMILES string of the molecule is CCOP(=O)(OCC)c1cocc1Br. The van der Waals surface area contributed by atoms with Gasteiger partial charge in [0.25, 0.3) is 0 Å². The molecule has 6 heteroatoms. The molecule has 1 aromatic rings. The summed E-state index contributed by atoms with van der Waals surface area (Å²) in [6, 6.07) is 0. The quantitative estimate of drug-likeness (QED) is 0.779. The molecular formula is C8H12BrO4P. The first-order valence-electron chi connectivity index (χ1n) is 4.25. The van der Waals surface area contributed by atoms with Crippen molar-refractivity contribution in [3.05, 3.63) is 17.0 Å². The van der Waals surface area contributed by atoms with Crippen LogP contribution in [0.3, 0.4) is 0 Å². The van der Waals surface area contributed by atoms with Crippen molar-refractivity contribution in [2.45, 2.75) is 13.8 Å². The largest absolute Gasteiger partial charge is 0.470 e. The maximum atomic E-state index is 12.2. The van der Waals surface area contributed by atoms with Gasteiger partial charge in [0.1, 0.15) is 17.8 Å². The lowest BCUT2D eigenvalue weighted by Gasteiger charge is -2.15. The third kappa shape index (κ3) is 2.48. The van der Waals surface area contributed by atoms with Crippen LogP contribution in [-0.4, -0.2) is 13.2 Å². The second-order valence-electron chi connectivity index (χ2n) is 2.44. The van der Waals surface area contributed by atoms with Crippen LogP contribution >= 0.6 is 23.5 Å². The Morgan fingerprint density at radius 3 is 2.29 bits per heavy atom. The third-order valence-corrected chi connectivity index (χ3v) is 4.54. The predicted molar refractivity (Wildman–Crippen MR) is 56.9 cm³/mol. The van der Waals surface area contributed by atoms with E-state index >= 15 is 0 Å². The summed E-state index contributed by atoms with van der Waals surface area (Å²) >= 11 is 3.22. The van der Waals surface area contributed by atoms with Gasteiger partial charge < -0.3 is 13.5 Å². The van der Waals surface area contributed by atoms with E-state index in [1.807, 2.05) is 0 Å². The lowest BCUT2D eigenvalue weighted by atomic mass is 10.7. The van der Waals surface area contributed by atoms with Gasteiger partial charge in [-0.2, -0.15) is 0 Å². The summed E-state index contributed by atoms with van der Waals surface area (Å²) < 4.78 is 27.9. The van der Waals surface area contributed by atoms with Crippen LogP contribution < -0.4 is 5.30 Å². The van der Waals surface area contributed by atoms with E-state index in [0.29, 0.717) is 23.0 Å². The van der Waals surface area contributed by atoms with Crippen molar-refractivity contribution in [2.24, 2.45) is 0 Å². The lowest BCUT2D eigenvalue weighted by Crippen LogP contribution is -2.09. The summed E-state index contributed by atoms with van der Waals surface area (Å²) in [4.78, 5) is 0. The molecule has 80 valence electrons. The minimum absolute atomic E-state index is 0.328. The lowest BCUT2D eigenvalue weighted by molar-refractivity contribution is 0.229. The van der Waals surface area contributed by atoms with Gasteiger partial charge in [-0.1, -0.05) is 0 Å². The van der Waals surface area contributed by atoms with E-state index in [2.05, 4.69) is 15.9 Å². The topological polar surface area (TPSA) is 48.7 Å². The molecule has 0 bridgehead atoms. The van der Waals surface area contributed by atoms with Crippen LogP contribution in [0.15, 0.2) is 21.4 Å². The molecular weight excluding hydrogens is 271 g/mol. The molecule has 4 nitrogen and oxygen atoms in total. The Morgan fingerprint density at radius 1 is 1.36 bits per heavy atom. The Kier molecular flexibility index (Phi) is 4.38. The maximum absolute atomic E-state index is 12.2. The Bertz CT molecular complexity index is 326. The standard InChI is InChI=1S/C8H12BrO4P/c1-3-12-14(10,13-4-2)8-6-11-5-7(8)9/h5-6H,3-4H2,1-2H3. The molecule has 1 rings (SSSR count). The van der Waals surface area contributed by atoms with E-state index in [1.54, 1.807) is 13.8 Å². The normalized spacial score (nSPS) is 11.9. The molecule has 0 amide bonds. The summed E-state index contributed by atoms with van der Waals surface area (Å²) in [5, 5.41) is 0.432. The molecule has 0 aliphatic carbocycles. The summed E-state index contributed by atoms with van der Waals surface area (Å²) in [6.45, 7) is 4.18. The molecule has 0 radical (unpaired) electrons. The molecule has 0 unspecified atom stereocenters. The summed E-state index contributed by atoms with van der Waals surface area (Å²) in [7, 11) is -3.20. The van der Waals surface area contributed by atoms with Crippen molar-refractivity contribution in [1.82, 2.24) is 0 Å². The Hall–Kier alpha value is -0.0900. The van der Waals surface area contributed by atoms with Gasteiger partial charge in [-0.05, 0) is 29.8 Å². The first-order valence-corrected chi connectivity index (χ1v) is 6.59. The molecule has 1 aromatic heterocycles. The van der Waals surface area contributed by atoms with E-state index in [-0.39, 0.29) is 0 Å². The van der Waals surface area contributed by atoms with Crippen LogP contribution in [0.25, 0.3) is 0 Å². The summed E-state index contributed by atoms with van der Waals surface area (Å²) in [6.07, 6.45) is 2.82. The van der Waals surface area contributed by atoms with Crippen LogP contribution in [0.2, 0.25) is 0 Å². The molecule has 0 N–H and O–H groups in total. The fourth-order valence-corrected chi connectivity index (χ4v) is 3.38. The zero-order valence-electron chi connectivity index (χ0n) is 8.03. The minimum Gasteiger partial charge on any atom is -0.470 e. The maximum Gasteiger partial charge on any atom is 0.365 e. The summed E-state index contributed by atoms with van der Waals surface area (Å²) in [5.74, 6) is 0. The van der Waals surface area contributed by atoms with E-state index < -0.39 is 7.60 Å². The van der Waals surface area contributed by atoms with E-state index in [9.17, 15) is 4.57 Å². The Balaban J connectivity index is 2.99. The molecule has 0 aliphatic rings. The van der Waals surface area contributed by atoms with Gasteiger partial charge in [0.05, 0.1) is 17.7 Å². The number of hydrogen-bond acceptors (Lipinski definition) is 4. The smallest absolute Gasteiger partial charge is 0.365 e. The fourth-order valence-electron chi connectivity index (χ4n) is 0.987. The Morgan fingerprint density at radius 2 is 1.93 bits per heavy atom. The second-order valence-corrected chi connectivity index (χ2v) is 5.29. The van der Waals surface area contributed by atoms with Crippen LogP contribution in [0, 0.1) is 0 Å². The van der Waals surface area contributed by atoms with Gasteiger partial charge in [-0.15, -0.1) is 0 Å². The molecule has 0 saturated carbocycles. The number of hydrogen-bond donors (Lipinski definition) is 0. The van der Waals surface area contributed by atoms with Gasteiger partial charge in [-0.3, -0.25) is 4.57 Å². The van der Waals surface area contributed by atoms with E-state index in [4.69, 9.17) is 13.5 Å². The zero-order chi connectivity index (χ0) is 10.6. The highest BCUT2D eigenvalue weighted by atomic mass is 79.9. The average Bonchev–Trinajstić information content (AvgIpc) is 2.52. The van der Waals surface area contributed by atoms with E-state index in [1.165, 1.54) is 12.5 Å². The van der Waals surface area contributed by atoms with Crippen molar-refractivity contribution < 1.29 is 18.0 Å². The van der Waals surface area contributed by atoms with Crippen molar-refractivity contribution in [3.8, 4) is 0 Å². The van der Waals surface area contributed by atoms with Crippen molar-refractivity contribution in [2.75, 3.05) is 13.2 Å². The third-order valence-electron chi connectivity index (χ3n) is 1.49. The van der Waals surface area contributed by atoms with Crippen molar-refractivity contribution >= 4 is 28.8 Å². The minimum atomic E-state index is -3.20. The average molecular weight is 283 g/mol. The van der Waals surface area contributed by atoms with Gasteiger partial charge in [-0.25, -0.2) is 0 Å². The first-order chi connectivity index (χ1) is 6.64. The first kappa shape index (κ1) is 12.0. The van der Waals surface area contributed by atoms with Crippen LogP contribution in [0.1, 0.15) is 13.8 Å². The number of halogens is 1. The highest BCUT2D eigenvalue weighted by molar-refractivity contribution is 9.10. The highest BCUT2D eigenvalue weighted by Gasteiger charge is 2.30. The van der Waals surface area contributed by atoms with Crippen LogP contribution in [-0.2, 0) is 13.6 Å². The molecule has 1 heterocycles. The predicted octanol–water partition coefficient (Wildman–Crippen LogP) is 2.93. The molecule has 0 saturated heterocycles. The van der Waals surface area contributed by atoms with Crippen molar-refractivity contribution in [3.63, 3.8) is 0 Å². The molecule has 0 spiro atoms. The molecule has 14 heavy (non-hydrogen) atoms. The van der Waals surface area contributed by atoms with Crippen molar-refractivity contribution in [1.29, 1.82) is 0 Å². The Labute approximate surface area is 91.2 Å². The van der Waals surface area contributed by atoms with Crippen LogP contribution in [0.5, 0.6) is 0 Å². The number of rotatable bonds is 5. The van der Waals surface area contributed by atoms with Gasteiger partial charge in [0, 0.05) is 0 Å². The van der Waals surface area contributed by atoms with Crippen LogP contribution in [0.4, 0.5) is 0 Å². The monoisotopic (exact) mass is 282 g/mol. The molecule has 0 atom stereocenters. The second kappa shape index (κ2) is 5.12. The van der Waals surface area contributed by atoms with Gasteiger partial charge >= 0.3 is 7.60 Å². The fraction of sp³-hybridized carbons (Fsp3) is 0.500. The number of furan rings is 1. The van der Waals surface area contributed by atoms with Gasteiger partial charge in [0.2, 0.25) is 0 Å². The molecule has 0 fully saturated rings. The molecule has 0 aromatic carbocycles. The summed E-state index contributed by atoms with van der Waals surface area (Å²) in [5.41, 5.74) is 0. The highest BCUT2D eigenvalue weighted by Crippen LogP contribution is 2.48. The zero-order valence-corrected chi connectivity index (χ0v) is 10.5. The van der Waals surface area contributed by atoms with Gasteiger partial charge in [0.15, 0.2) is 0 Å².